The van der Waals surface area contributed by atoms with Crippen LogP contribution in [0.25, 0.3) is 0 Å². The van der Waals surface area contributed by atoms with Crippen LogP contribution in [0.5, 0.6) is 0 Å². The third-order valence-corrected chi connectivity index (χ3v) is 4.25. The molecule has 0 aliphatic heterocycles. The van der Waals surface area contributed by atoms with Crippen LogP contribution in [-0.4, -0.2) is 19.6 Å². The van der Waals surface area contributed by atoms with Gasteiger partial charge in [-0.3, -0.25) is 0 Å². The van der Waals surface area contributed by atoms with Crippen LogP contribution in [0.3, 0.4) is 0 Å². The second-order valence-electron chi connectivity index (χ2n) is 5.18. The van der Waals surface area contributed by atoms with Crippen molar-refractivity contribution >= 4 is 26.1 Å². The molecule has 0 aliphatic rings. The van der Waals surface area contributed by atoms with Gasteiger partial charge in [-0.1, -0.05) is 43.8 Å². The molecule has 3 heteroatoms. The molecule has 0 spiro atoms. The quantitative estimate of drug-likeness (QED) is 0.350. The molecule has 0 saturated carbocycles. The number of carbonyl (C=O) groups is 1. The molecule has 0 saturated heterocycles. The Hall–Kier alpha value is -0.983. The summed E-state index contributed by atoms with van der Waals surface area (Å²) in [6.07, 6.45) is 2.40. The molecular formula is C15H20OSSi. The lowest BCUT2D eigenvalue weighted by molar-refractivity contribution is -0.107. The number of hydrogen-bond acceptors (Lipinski definition) is 2. The second kappa shape index (κ2) is 7.45. The zero-order chi connectivity index (χ0) is 13.4. The van der Waals surface area contributed by atoms with Crippen LogP contribution in [-0.2, 0) is 4.79 Å². The maximum absolute atomic E-state index is 10.5. The molecule has 1 aromatic rings. The predicted octanol–water partition coefficient (Wildman–Crippen LogP) is 4.01. The summed E-state index contributed by atoms with van der Waals surface area (Å²) in [5, 5.41) is 0.226. The first kappa shape index (κ1) is 15.1. The third-order valence-electron chi connectivity index (χ3n) is 2.18. The highest BCUT2D eigenvalue weighted by Crippen LogP contribution is 2.25. The van der Waals surface area contributed by atoms with Crippen LogP contribution in [0.15, 0.2) is 35.2 Å². The number of carbonyl (C=O) groups excluding carboxylic acids is 1. The molecule has 96 valence electrons. The molecule has 1 unspecified atom stereocenters. The van der Waals surface area contributed by atoms with Crippen molar-refractivity contribution in [2.75, 3.05) is 0 Å². The number of aldehydes is 1. The standard InChI is InChI=1S/C15H20OSSi/c1-18(2,3)13-11-15(10-7-12-16)17-14-8-5-4-6-9-14/h4-6,8-9,12,15H,7,10H2,1-3H3. The predicted molar refractivity (Wildman–Crippen MR) is 82.5 cm³/mol. The van der Waals surface area contributed by atoms with Gasteiger partial charge < -0.3 is 4.79 Å². The SMILES string of the molecule is C[Si](C)(C)C#CC(CCC=O)Sc1ccccc1. The Labute approximate surface area is 115 Å². The van der Waals surface area contributed by atoms with E-state index in [1.807, 2.05) is 18.2 Å². The largest absolute Gasteiger partial charge is 0.303 e. The molecule has 1 aromatic carbocycles. The van der Waals surface area contributed by atoms with Gasteiger partial charge in [0.2, 0.25) is 0 Å². The molecular weight excluding hydrogens is 256 g/mol. The summed E-state index contributed by atoms with van der Waals surface area (Å²) >= 11 is 1.76. The maximum atomic E-state index is 10.5. The van der Waals surface area contributed by atoms with Gasteiger partial charge in [0, 0.05) is 11.3 Å². The fraction of sp³-hybridized carbons (Fsp3) is 0.400. The third kappa shape index (κ3) is 6.68. The van der Waals surface area contributed by atoms with Crippen molar-refractivity contribution in [3.63, 3.8) is 0 Å². The number of hydrogen-bond donors (Lipinski definition) is 0. The van der Waals surface area contributed by atoms with Gasteiger partial charge in [-0.2, -0.15) is 0 Å². The molecule has 0 heterocycles. The molecule has 1 rings (SSSR count). The highest BCUT2D eigenvalue weighted by Gasteiger charge is 2.11. The molecule has 0 aliphatic carbocycles. The first-order chi connectivity index (χ1) is 8.51. The van der Waals surface area contributed by atoms with Crippen molar-refractivity contribution in [2.24, 2.45) is 0 Å². The Bertz CT molecular complexity index is 425. The first-order valence-electron chi connectivity index (χ1n) is 6.19. The van der Waals surface area contributed by atoms with Gasteiger partial charge in [-0.05, 0) is 18.6 Å². The van der Waals surface area contributed by atoms with Gasteiger partial charge in [0.05, 0.1) is 5.25 Å². The van der Waals surface area contributed by atoms with Crippen molar-refractivity contribution in [1.29, 1.82) is 0 Å². The molecule has 1 nitrogen and oxygen atoms in total. The lowest BCUT2D eigenvalue weighted by atomic mass is 10.2. The van der Waals surface area contributed by atoms with Crippen molar-refractivity contribution < 1.29 is 4.79 Å². The zero-order valence-corrected chi connectivity index (χ0v) is 13.1. The van der Waals surface area contributed by atoms with Crippen molar-refractivity contribution in [3.8, 4) is 11.5 Å². The van der Waals surface area contributed by atoms with E-state index in [-0.39, 0.29) is 5.25 Å². The van der Waals surface area contributed by atoms with Crippen molar-refractivity contribution in [3.05, 3.63) is 30.3 Å². The Morgan fingerprint density at radius 1 is 1.28 bits per heavy atom. The highest BCUT2D eigenvalue weighted by atomic mass is 32.2. The average Bonchev–Trinajstić information content (AvgIpc) is 2.33. The van der Waals surface area contributed by atoms with Gasteiger partial charge in [0.15, 0.2) is 0 Å². The molecule has 0 aromatic heterocycles. The first-order valence-corrected chi connectivity index (χ1v) is 10.6. The Balaban J connectivity index is 2.71. The van der Waals surface area contributed by atoms with Crippen LogP contribution in [0.4, 0.5) is 0 Å². The topological polar surface area (TPSA) is 17.1 Å². The molecule has 0 N–H and O–H groups in total. The fourth-order valence-electron chi connectivity index (χ4n) is 1.34. The number of benzene rings is 1. The Morgan fingerprint density at radius 3 is 2.50 bits per heavy atom. The summed E-state index contributed by atoms with van der Waals surface area (Å²) < 4.78 is 0. The van der Waals surface area contributed by atoms with Crippen molar-refractivity contribution in [2.45, 2.75) is 42.6 Å². The highest BCUT2D eigenvalue weighted by molar-refractivity contribution is 8.00. The normalized spacial score (nSPS) is 12.4. The van der Waals surface area contributed by atoms with Gasteiger partial charge in [0.25, 0.3) is 0 Å². The number of rotatable bonds is 5. The van der Waals surface area contributed by atoms with E-state index in [9.17, 15) is 4.79 Å². The summed E-state index contributed by atoms with van der Waals surface area (Å²) in [6, 6.07) is 10.3. The van der Waals surface area contributed by atoms with Crippen molar-refractivity contribution in [1.82, 2.24) is 0 Å². The van der Waals surface area contributed by atoms with Crippen LogP contribution >= 0.6 is 11.8 Å². The van der Waals surface area contributed by atoms with E-state index in [0.717, 1.165) is 12.7 Å². The number of thioether (sulfide) groups is 1. The minimum atomic E-state index is -1.34. The van der Waals surface area contributed by atoms with E-state index in [0.29, 0.717) is 6.42 Å². The van der Waals surface area contributed by atoms with Crippen LogP contribution < -0.4 is 0 Å². The molecule has 0 amide bonds. The Morgan fingerprint density at radius 2 is 1.94 bits per heavy atom. The van der Waals surface area contributed by atoms with E-state index in [2.05, 4.69) is 43.2 Å². The minimum absolute atomic E-state index is 0.226. The monoisotopic (exact) mass is 276 g/mol. The average molecular weight is 276 g/mol. The lowest BCUT2D eigenvalue weighted by Crippen LogP contribution is -2.17. The summed E-state index contributed by atoms with van der Waals surface area (Å²) in [4.78, 5) is 11.7. The summed E-state index contributed by atoms with van der Waals surface area (Å²) in [7, 11) is -1.34. The molecule has 0 radical (unpaired) electrons. The smallest absolute Gasteiger partial charge is 0.129 e. The zero-order valence-electron chi connectivity index (χ0n) is 11.3. The minimum Gasteiger partial charge on any atom is -0.303 e. The summed E-state index contributed by atoms with van der Waals surface area (Å²) in [5.41, 5.74) is 3.40. The van der Waals surface area contributed by atoms with Gasteiger partial charge >= 0.3 is 0 Å². The summed E-state index contributed by atoms with van der Waals surface area (Å²) in [5.74, 6) is 3.36. The lowest BCUT2D eigenvalue weighted by Gasteiger charge is -2.10. The van der Waals surface area contributed by atoms with Gasteiger partial charge in [-0.25, -0.2) is 0 Å². The van der Waals surface area contributed by atoms with E-state index < -0.39 is 8.07 Å². The van der Waals surface area contributed by atoms with Crippen LogP contribution in [0.1, 0.15) is 12.8 Å². The van der Waals surface area contributed by atoms with Crippen LogP contribution in [0, 0.1) is 11.5 Å². The Kier molecular flexibility index (Phi) is 6.24. The van der Waals surface area contributed by atoms with Gasteiger partial charge in [-0.15, -0.1) is 17.3 Å². The maximum Gasteiger partial charge on any atom is 0.129 e. The van der Waals surface area contributed by atoms with E-state index in [4.69, 9.17) is 0 Å². The molecule has 0 bridgehead atoms. The van der Waals surface area contributed by atoms with E-state index >= 15 is 0 Å². The molecule has 1 atom stereocenters. The van der Waals surface area contributed by atoms with Gasteiger partial charge in [0.1, 0.15) is 14.4 Å². The van der Waals surface area contributed by atoms with Crippen LogP contribution in [0.2, 0.25) is 19.6 Å². The van der Waals surface area contributed by atoms with E-state index in [1.54, 1.807) is 11.8 Å². The van der Waals surface area contributed by atoms with E-state index in [1.165, 1.54) is 4.90 Å². The fourth-order valence-corrected chi connectivity index (χ4v) is 3.07. The second-order valence-corrected chi connectivity index (χ2v) is 11.2. The molecule has 18 heavy (non-hydrogen) atoms. The summed E-state index contributed by atoms with van der Waals surface area (Å²) in [6.45, 7) is 6.72. The molecule has 0 fully saturated rings.